The van der Waals surface area contributed by atoms with Gasteiger partial charge in [-0.25, -0.2) is 9.78 Å². The first kappa shape index (κ1) is 22.6. The minimum atomic E-state index is -0.924. The Bertz CT molecular complexity index is 1090. The number of ether oxygens (including phenoxy) is 2. The highest BCUT2D eigenvalue weighted by atomic mass is 32.1. The van der Waals surface area contributed by atoms with Gasteiger partial charge in [0.1, 0.15) is 17.4 Å². The fraction of sp³-hybridized carbons (Fsp3) is 0.440. The first-order valence-electron chi connectivity index (χ1n) is 11.0. The van der Waals surface area contributed by atoms with E-state index in [-0.39, 0.29) is 11.5 Å². The molecule has 1 aromatic carbocycles. The summed E-state index contributed by atoms with van der Waals surface area (Å²) in [6.45, 7) is 10.2. The van der Waals surface area contributed by atoms with Gasteiger partial charge in [-0.1, -0.05) is 32.9 Å². The highest BCUT2D eigenvalue weighted by molar-refractivity contribution is 7.09. The van der Waals surface area contributed by atoms with E-state index in [9.17, 15) is 9.90 Å². The van der Waals surface area contributed by atoms with Crippen molar-refractivity contribution in [1.29, 1.82) is 0 Å². The molecule has 1 N–H and O–H groups in total. The molecule has 3 aromatic rings. The lowest BCUT2D eigenvalue weighted by molar-refractivity contribution is 0.0694. The van der Waals surface area contributed by atoms with Crippen LogP contribution in [0.4, 0.5) is 0 Å². The fourth-order valence-corrected chi connectivity index (χ4v) is 4.69. The Balaban J connectivity index is 1.51. The summed E-state index contributed by atoms with van der Waals surface area (Å²) in [6, 6.07) is 9.89. The molecule has 170 valence electrons. The molecular formula is C25H30N2O4S. The number of rotatable bonds is 7. The van der Waals surface area contributed by atoms with Crippen LogP contribution in [0.2, 0.25) is 0 Å². The molecule has 0 radical (unpaired) electrons. The van der Waals surface area contributed by atoms with Crippen LogP contribution >= 0.6 is 11.3 Å². The molecule has 2 aromatic heterocycles. The second-order valence-electron chi connectivity index (χ2n) is 9.27. The number of benzene rings is 1. The third kappa shape index (κ3) is 4.89. The van der Waals surface area contributed by atoms with Crippen molar-refractivity contribution in [3.8, 4) is 17.1 Å². The molecule has 0 amide bonds. The highest BCUT2D eigenvalue weighted by Crippen LogP contribution is 2.30. The Labute approximate surface area is 192 Å². The SMILES string of the molecule is Cc1c(C(=O)O)cc(-c2csc(COc3ccc(C(C)(C)C)cc3)n2)n1CC1CCCO1. The van der Waals surface area contributed by atoms with Gasteiger partial charge in [0.25, 0.3) is 0 Å². The number of aromatic carboxylic acids is 1. The maximum absolute atomic E-state index is 11.7. The first-order chi connectivity index (χ1) is 15.2. The Morgan fingerprint density at radius 2 is 2.06 bits per heavy atom. The molecule has 32 heavy (non-hydrogen) atoms. The molecule has 1 saturated heterocycles. The number of carboxylic acids is 1. The normalized spacial score (nSPS) is 16.4. The molecule has 0 spiro atoms. The van der Waals surface area contributed by atoms with Gasteiger partial charge in [-0.3, -0.25) is 0 Å². The standard InChI is InChI=1S/C25H30N2O4S/c1-16-20(24(28)29)12-22(27(16)13-19-6-5-11-30-19)21-15-32-23(26-21)14-31-18-9-7-17(8-10-18)25(2,3)4/h7-10,12,15,19H,5-6,11,13-14H2,1-4H3,(H,28,29). The summed E-state index contributed by atoms with van der Waals surface area (Å²) in [4.78, 5) is 16.5. The summed E-state index contributed by atoms with van der Waals surface area (Å²) >= 11 is 1.52. The van der Waals surface area contributed by atoms with Crippen LogP contribution in [-0.2, 0) is 23.3 Å². The maximum atomic E-state index is 11.7. The van der Waals surface area contributed by atoms with Gasteiger partial charge in [0.15, 0.2) is 0 Å². The summed E-state index contributed by atoms with van der Waals surface area (Å²) in [5.74, 6) is -0.118. The van der Waals surface area contributed by atoms with Crippen LogP contribution in [0.5, 0.6) is 5.75 Å². The molecule has 3 heterocycles. The first-order valence-corrected chi connectivity index (χ1v) is 11.8. The molecule has 0 bridgehead atoms. The summed E-state index contributed by atoms with van der Waals surface area (Å²) in [7, 11) is 0. The highest BCUT2D eigenvalue weighted by Gasteiger charge is 2.24. The van der Waals surface area contributed by atoms with Crippen LogP contribution in [0.3, 0.4) is 0 Å². The third-order valence-corrected chi connectivity index (χ3v) is 6.73. The van der Waals surface area contributed by atoms with Crippen molar-refractivity contribution in [2.24, 2.45) is 0 Å². The Kier molecular flexibility index (Phi) is 6.40. The molecule has 7 heteroatoms. The molecule has 1 aliphatic heterocycles. The monoisotopic (exact) mass is 454 g/mol. The molecule has 1 fully saturated rings. The topological polar surface area (TPSA) is 73.6 Å². The lowest BCUT2D eigenvalue weighted by Crippen LogP contribution is -2.17. The minimum absolute atomic E-state index is 0.105. The summed E-state index contributed by atoms with van der Waals surface area (Å²) in [5, 5.41) is 12.4. The Morgan fingerprint density at radius 1 is 1.31 bits per heavy atom. The lowest BCUT2D eigenvalue weighted by atomic mass is 9.87. The summed E-state index contributed by atoms with van der Waals surface area (Å²) < 4.78 is 13.8. The molecule has 4 rings (SSSR count). The van der Waals surface area contributed by atoms with E-state index in [1.54, 1.807) is 6.07 Å². The zero-order valence-electron chi connectivity index (χ0n) is 19.1. The zero-order chi connectivity index (χ0) is 22.9. The van der Waals surface area contributed by atoms with E-state index in [2.05, 4.69) is 32.9 Å². The van der Waals surface area contributed by atoms with E-state index in [4.69, 9.17) is 14.5 Å². The molecule has 6 nitrogen and oxygen atoms in total. The van der Waals surface area contributed by atoms with Crippen molar-refractivity contribution in [2.75, 3.05) is 6.61 Å². The van der Waals surface area contributed by atoms with Gasteiger partial charge in [0, 0.05) is 24.2 Å². The van der Waals surface area contributed by atoms with Crippen molar-refractivity contribution >= 4 is 17.3 Å². The Hall–Kier alpha value is -2.64. The predicted molar refractivity (Wildman–Crippen MR) is 126 cm³/mol. The van der Waals surface area contributed by atoms with Crippen molar-refractivity contribution in [1.82, 2.24) is 9.55 Å². The van der Waals surface area contributed by atoms with Gasteiger partial charge < -0.3 is 19.1 Å². The third-order valence-electron chi connectivity index (χ3n) is 5.90. The van der Waals surface area contributed by atoms with Crippen LogP contribution in [-0.4, -0.2) is 33.3 Å². The summed E-state index contributed by atoms with van der Waals surface area (Å²) in [6.07, 6.45) is 2.14. The summed E-state index contributed by atoms with van der Waals surface area (Å²) in [5.41, 5.74) is 3.99. The van der Waals surface area contributed by atoms with Gasteiger partial charge in [0.05, 0.1) is 23.1 Å². The molecule has 1 atom stereocenters. The number of aromatic nitrogens is 2. The van der Waals surface area contributed by atoms with E-state index in [0.29, 0.717) is 18.7 Å². The molecule has 0 aliphatic carbocycles. The van der Waals surface area contributed by atoms with Crippen molar-refractivity contribution in [3.63, 3.8) is 0 Å². The second kappa shape index (κ2) is 9.08. The fourth-order valence-electron chi connectivity index (χ4n) is 3.99. The van der Waals surface area contributed by atoms with Crippen LogP contribution < -0.4 is 4.74 Å². The van der Waals surface area contributed by atoms with Gasteiger partial charge in [-0.05, 0) is 48.9 Å². The molecule has 0 saturated carbocycles. The van der Waals surface area contributed by atoms with Gasteiger partial charge in [0.2, 0.25) is 0 Å². The average Bonchev–Trinajstić information content (AvgIpc) is 3.48. The number of hydrogen-bond donors (Lipinski definition) is 1. The molecule has 1 unspecified atom stereocenters. The van der Waals surface area contributed by atoms with E-state index < -0.39 is 5.97 Å². The number of carbonyl (C=O) groups is 1. The van der Waals surface area contributed by atoms with Gasteiger partial charge >= 0.3 is 5.97 Å². The predicted octanol–water partition coefficient (Wildman–Crippen LogP) is 5.67. The van der Waals surface area contributed by atoms with E-state index in [0.717, 1.165) is 47.3 Å². The number of nitrogens with zero attached hydrogens (tertiary/aromatic N) is 2. The number of hydrogen-bond acceptors (Lipinski definition) is 5. The van der Waals surface area contributed by atoms with Crippen molar-refractivity contribution in [3.05, 3.63) is 57.5 Å². The van der Waals surface area contributed by atoms with Crippen LogP contribution in [0.1, 0.15) is 60.2 Å². The van der Waals surface area contributed by atoms with Crippen molar-refractivity contribution < 1.29 is 19.4 Å². The molecular weight excluding hydrogens is 424 g/mol. The largest absolute Gasteiger partial charge is 0.486 e. The van der Waals surface area contributed by atoms with Crippen LogP contribution in [0.25, 0.3) is 11.4 Å². The number of thiazole rings is 1. The van der Waals surface area contributed by atoms with Crippen molar-refractivity contribution in [2.45, 2.75) is 65.2 Å². The van der Waals surface area contributed by atoms with Crippen LogP contribution in [0.15, 0.2) is 35.7 Å². The minimum Gasteiger partial charge on any atom is -0.486 e. The van der Waals surface area contributed by atoms with Gasteiger partial charge in [-0.15, -0.1) is 11.3 Å². The Morgan fingerprint density at radius 3 is 2.69 bits per heavy atom. The van der Waals surface area contributed by atoms with E-state index in [1.165, 1.54) is 16.9 Å². The number of carboxylic acid groups (broad SMARTS) is 1. The second-order valence-corrected chi connectivity index (χ2v) is 10.2. The van der Waals surface area contributed by atoms with Crippen LogP contribution in [0, 0.1) is 6.92 Å². The quantitative estimate of drug-likeness (QED) is 0.498. The van der Waals surface area contributed by atoms with Gasteiger partial charge in [-0.2, -0.15) is 0 Å². The molecule has 1 aliphatic rings. The van der Waals surface area contributed by atoms with E-state index >= 15 is 0 Å². The smallest absolute Gasteiger partial charge is 0.337 e. The maximum Gasteiger partial charge on any atom is 0.337 e. The zero-order valence-corrected chi connectivity index (χ0v) is 19.9. The average molecular weight is 455 g/mol. The lowest BCUT2D eigenvalue weighted by Gasteiger charge is -2.19. The van der Waals surface area contributed by atoms with E-state index in [1.807, 2.05) is 29.0 Å².